The van der Waals surface area contributed by atoms with E-state index in [0.29, 0.717) is 25.3 Å². The molecule has 1 fully saturated rings. The second-order valence-electron chi connectivity index (χ2n) is 4.70. The van der Waals surface area contributed by atoms with E-state index in [1.54, 1.807) is 0 Å². The molecular formula is C10H17NO3. The highest BCUT2D eigenvalue weighted by Crippen LogP contribution is 2.21. The molecule has 1 amide bonds. The van der Waals surface area contributed by atoms with E-state index in [0.717, 1.165) is 0 Å². The lowest BCUT2D eigenvalue weighted by atomic mass is 9.84. The van der Waals surface area contributed by atoms with Gasteiger partial charge in [0.05, 0.1) is 0 Å². The van der Waals surface area contributed by atoms with E-state index in [2.05, 4.69) is 5.32 Å². The molecule has 0 aromatic heterocycles. The maximum absolute atomic E-state index is 11.2. The van der Waals surface area contributed by atoms with E-state index in [9.17, 15) is 9.59 Å². The third-order valence-corrected chi connectivity index (χ3v) is 1.97. The first-order valence-corrected chi connectivity index (χ1v) is 4.85. The van der Waals surface area contributed by atoms with Crippen LogP contribution in [0, 0.1) is 5.92 Å². The van der Waals surface area contributed by atoms with Gasteiger partial charge in [0.15, 0.2) is 0 Å². The largest absolute Gasteiger partial charge is 0.444 e. The minimum absolute atomic E-state index is 0.279. The van der Waals surface area contributed by atoms with Gasteiger partial charge in [0.1, 0.15) is 11.4 Å². The summed E-state index contributed by atoms with van der Waals surface area (Å²) in [6.45, 7) is 6.00. The fraction of sp³-hybridized carbons (Fsp3) is 0.800. The maximum atomic E-state index is 11.2. The maximum Gasteiger partial charge on any atom is 0.407 e. The zero-order chi connectivity index (χ0) is 10.8. The SMILES string of the molecule is CC(C)(C)OC(=O)NCC1CC(=O)C1. The summed E-state index contributed by atoms with van der Waals surface area (Å²) in [5, 5.41) is 2.65. The molecule has 14 heavy (non-hydrogen) atoms. The van der Waals surface area contributed by atoms with E-state index >= 15 is 0 Å². The second-order valence-corrected chi connectivity index (χ2v) is 4.70. The van der Waals surface area contributed by atoms with E-state index in [4.69, 9.17) is 4.74 Å². The Morgan fingerprint density at radius 3 is 2.50 bits per heavy atom. The summed E-state index contributed by atoms with van der Waals surface area (Å²) in [7, 11) is 0. The molecule has 80 valence electrons. The van der Waals surface area contributed by atoms with Gasteiger partial charge in [0, 0.05) is 19.4 Å². The van der Waals surface area contributed by atoms with Gasteiger partial charge in [-0.1, -0.05) is 0 Å². The quantitative estimate of drug-likeness (QED) is 0.733. The van der Waals surface area contributed by atoms with Crippen LogP contribution in [0.5, 0.6) is 0 Å². The minimum Gasteiger partial charge on any atom is -0.444 e. The van der Waals surface area contributed by atoms with E-state index in [1.807, 2.05) is 20.8 Å². The van der Waals surface area contributed by atoms with Crippen molar-refractivity contribution in [2.24, 2.45) is 5.92 Å². The van der Waals surface area contributed by atoms with Gasteiger partial charge in [-0.3, -0.25) is 4.79 Å². The van der Waals surface area contributed by atoms with Crippen LogP contribution < -0.4 is 5.32 Å². The van der Waals surface area contributed by atoms with Gasteiger partial charge in [-0.25, -0.2) is 4.79 Å². The van der Waals surface area contributed by atoms with Crippen LogP contribution in [0.15, 0.2) is 0 Å². The summed E-state index contributed by atoms with van der Waals surface area (Å²) < 4.78 is 5.05. The molecule has 0 aromatic carbocycles. The molecule has 0 unspecified atom stereocenters. The summed E-state index contributed by atoms with van der Waals surface area (Å²) in [5.74, 6) is 0.594. The lowest BCUT2D eigenvalue weighted by Crippen LogP contribution is -2.39. The van der Waals surface area contributed by atoms with Crippen molar-refractivity contribution in [3.63, 3.8) is 0 Å². The Morgan fingerprint density at radius 2 is 2.07 bits per heavy atom. The van der Waals surface area contributed by atoms with Crippen LogP contribution in [-0.2, 0) is 9.53 Å². The Morgan fingerprint density at radius 1 is 1.50 bits per heavy atom. The number of amides is 1. The third kappa shape index (κ3) is 3.77. The second kappa shape index (κ2) is 3.98. The molecule has 1 aliphatic carbocycles. The van der Waals surface area contributed by atoms with Gasteiger partial charge in [0.2, 0.25) is 0 Å². The zero-order valence-electron chi connectivity index (χ0n) is 8.92. The normalized spacial score (nSPS) is 17.5. The minimum atomic E-state index is -0.459. The molecule has 1 N–H and O–H groups in total. The standard InChI is InChI=1S/C10H17NO3/c1-10(2,3)14-9(13)11-6-7-4-8(12)5-7/h7H,4-6H2,1-3H3,(H,11,13). The van der Waals surface area contributed by atoms with Crippen LogP contribution >= 0.6 is 0 Å². The first kappa shape index (κ1) is 11.0. The van der Waals surface area contributed by atoms with Crippen LogP contribution in [0.2, 0.25) is 0 Å². The summed E-state index contributed by atoms with van der Waals surface area (Å²) in [4.78, 5) is 21.8. The number of carbonyl (C=O) groups is 2. The van der Waals surface area contributed by atoms with Crippen molar-refractivity contribution in [1.29, 1.82) is 0 Å². The van der Waals surface area contributed by atoms with E-state index in [1.165, 1.54) is 0 Å². The van der Waals surface area contributed by atoms with Gasteiger partial charge < -0.3 is 10.1 Å². The number of nitrogens with one attached hydrogen (secondary N) is 1. The molecular weight excluding hydrogens is 182 g/mol. The van der Waals surface area contributed by atoms with Crippen LogP contribution in [0.4, 0.5) is 4.79 Å². The Bertz CT molecular complexity index is 234. The van der Waals surface area contributed by atoms with Gasteiger partial charge in [-0.2, -0.15) is 0 Å². The molecule has 4 nitrogen and oxygen atoms in total. The van der Waals surface area contributed by atoms with Gasteiger partial charge in [0.25, 0.3) is 0 Å². The molecule has 0 atom stereocenters. The number of ketones is 1. The Kier molecular flexibility index (Phi) is 3.13. The molecule has 0 bridgehead atoms. The molecule has 0 aliphatic heterocycles. The van der Waals surface area contributed by atoms with Crippen LogP contribution in [0.3, 0.4) is 0 Å². The molecule has 1 rings (SSSR count). The first-order chi connectivity index (χ1) is 6.37. The Hall–Kier alpha value is -1.06. The topological polar surface area (TPSA) is 55.4 Å². The molecule has 1 saturated carbocycles. The molecule has 0 radical (unpaired) electrons. The molecule has 0 saturated heterocycles. The predicted molar refractivity (Wildman–Crippen MR) is 52.0 cm³/mol. The monoisotopic (exact) mass is 199 g/mol. The Labute approximate surface area is 84.0 Å². The van der Waals surface area contributed by atoms with E-state index in [-0.39, 0.29) is 5.78 Å². The number of rotatable bonds is 2. The number of hydrogen-bond donors (Lipinski definition) is 1. The average molecular weight is 199 g/mol. The van der Waals surface area contributed by atoms with Gasteiger partial charge in [-0.15, -0.1) is 0 Å². The highest BCUT2D eigenvalue weighted by molar-refractivity contribution is 5.84. The third-order valence-electron chi connectivity index (χ3n) is 1.97. The highest BCUT2D eigenvalue weighted by atomic mass is 16.6. The van der Waals surface area contributed by atoms with Crippen molar-refractivity contribution >= 4 is 11.9 Å². The number of alkyl carbamates (subject to hydrolysis) is 1. The summed E-state index contributed by atoms with van der Waals surface area (Å²) >= 11 is 0. The first-order valence-electron chi connectivity index (χ1n) is 4.85. The van der Waals surface area contributed by atoms with Crippen LogP contribution in [0.25, 0.3) is 0 Å². The number of ether oxygens (including phenoxy) is 1. The highest BCUT2D eigenvalue weighted by Gasteiger charge is 2.27. The zero-order valence-corrected chi connectivity index (χ0v) is 8.92. The van der Waals surface area contributed by atoms with Crippen LogP contribution in [-0.4, -0.2) is 24.0 Å². The lowest BCUT2D eigenvalue weighted by Gasteiger charge is -2.25. The van der Waals surface area contributed by atoms with Crippen molar-refractivity contribution in [2.45, 2.75) is 39.2 Å². The summed E-state index contributed by atoms with van der Waals surface area (Å²) in [5.41, 5.74) is -0.459. The van der Waals surface area contributed by atoms with E-state index < -0.39 is 11.7 Å². The predicted octanol–water partition coefficient (Wildman–Crippen LogP) is 1.49. The molecule has 0 aromatic rings. The molecule has 0 heterocycles. The summed E-state index contributed by atoms with van der Waals surface area (Å²) in [6, 6.07) is 0. The molecule has 4 heteroatoms. The van der Waals surface area contributed by atoms with Crippen LogP contribution in [0.1, 0.15) is 33.6 Å². The van der Waals surface area contributed by atoms with Crippen molar-refractivity contribution in [3.05, 3.63) is 0 Å². The van der Waals surface area contributed by atoms with Crippen molar-refractivity contribution in [3.8, 4) is 0 Å². The lowest BCUT2D eigenvalue weighted by molar-refractivity contribution is -0.126. The number of hydrogen-bond acceptors (Lipinski definition) is 3. The number of carbonyl (C=O) groups excluding carboxylic acids is 2. The summed E-state index contributed by atoms with van der Waals surface area (Å²) in [6.07, 6.45) is 0.780. The van der Waals surface area contributed by atoms with Gasteiger partial charge >= 0.3 is 6.09 Å². The fourth-order valence-electron chi connectivity index (χ4n) is 1.27. The van der Waals surface area contributed by atoms with Gasteiger partial charge in [-0.05, 0) is 26.7 Å². The Balaban J connectivity index is 2.13. The number of Topliss-reactive ketones (excluding diaryl/α,β-unsaturated/α-hetero) is 1. The van der Waals surface area contributed by atoms with Crippen molar-refractivity contribution in [1.82, 2.24) is 5.32 Å². The fourth-order valence-corrected chi connectivity index (χ4v) is 1.27. The molecule has 0 spiro atoms. The average Bonchev–Trinajstić information content (AvgIpc) is 1.92. The van der Waals surface area contributed by atoms with Crippen molar-refractivity contribution < 1.29 is 14.3 Å². The smallest absolute Gasteiger partial charge is 0.407 e. The molecule has 1 aliphatic rings. The van der Waals surface area contributed by atoms with Crippen molar-refractivity contribution in [2.75, 3.05) is 6.54 Å².